The Balaban J connectivity index is 1.63. The van der Waals surface area contributed by atoms with Gasteiger partial charge in [0.2, 0.25) is 5.91 Å². The second kappa shape index (κ2) is 7.28. The van der Waals surface area contributed by atoms with Gasteiger partial charge in [-0.05, 0) is 43.2 Å². The van der Waals surface area contributed by atoms with Gasteiger partial charge in [0.15, 0.2) is 0 Å². The highest BCUT2D eigenvalue weighted by Gasteiger charge is 2.14. The summed E-state index contributed by atoms with van der Waals surface area (Å²) in [5.74, 6) is -0.977. The third-order valence-corrected chi connectivity index (χ3v) is 4.10. The summed E-state index contributed by atoms with van der Waals surface area (Å²) in [7, 11) is 0. The molecule has 8 heteroatoms. The molecule has 0 saturated heterocycles. The molecular formula is C19H17N3O5. The first-order valence-corrected chi connectivity index (χ1v) is 8.16. The first-order valence-electron chi connectivity index (χ1n) is 8.16. The van der Waals surface area contributed by atoms with Gasteiger partial charge in [-0.2, -0.15) is 0 Å². The van der Waals surface area contributed by atoms with E-state index in [9.17, 15) is 19.7 Å². The summed E-state index contributed by atoms with van der Waals surface area (Å²) >= 11 is 0. The quantitative estimate of drug-likeness (QED) is 0.543. The zero-order valence-corrected chi connectivity index (χ0v) is 14.7. The molecule has 0 aliphatic rings. The summed E-state index contributed by atoms with van der Waals surface area (Å²) in [6.45, 7) is 3.91. The van der Waals surface area contributed by atoms with Crippen molar-refractivity contribution in [3.63, 3.8) is 0 Å². The first-order chi connectivity index (χ1) is 12.8. The number of nitrogens with one attached hydrogen (secondary N) is 2. The average molecular weight is 367 g/mol. The van der Waals surface area contributed by atoms with Gasteiger partial charge in [0.1, 0.15) is 5.58 Å². The van der Waals surface area contributed by atoms with Gasteiger partial charge in [0.05, 0.1) is 17.6 Å². The minimum absolute atomic E-state index is 0.0391. The fraction of sp³-hybridized carbons (Fsp3) is 0.158. The number of furan rings is 1. The van der Waals surface area contributed by atoms with E-state index >= 15 is 0 Å². The molecule has 0 fully saturated rings. The fourth-order valence-corrected chi connectivity index (χ4v) is 2.91. The number of hydrazine groups is 1. The molecule has 0 spiro atoms. The molecule has 0 radical (unpaired) electrons. The minimum Gasteiger partial charge on any atom is -0.464 e. The third-order valence-electron chi connectivity index (χ3n) is 4.10. The third kappa shape index (κ3) is 3.95. The van der Waals surface area contributed by atoms with Crippen molar-refractivity contribution < 1.29 is 18.9 Å². The summed E-state index contributed by atoms with van der Waals surface area (Å²) < 4.78 is 5.51. The van der Waals surface area contributed by atoms with Crippen LogP contribution in [-0.4, -0.2) is 16.7 Å². The van der Waals surface area contributed by atoms with Crippen molar-refractivity contribution >= 4 is 28.5 Å². The number of non-ortho nitro benzene ring substituents is 1. The lowest BCUT2D eigenvalue weighted by Crippen LogP contribution is -2.42. The summed E-state index contributed by atoms with van der Waals surface area (Å²) in [6, 6.07) is 8.98. The molecule has 1 heterocycles. The average Bonchev–Trinajstić information content (AvgIpc) is 3.02. The number of benzene rings is 2. The van der Waals surface area contributed by atoms with Gasteiger partial charge in [-0.25, -0.2) is 0 Å². The summed E-state index contributed by atoms with van der Waals surface area (Å²) in [4.78, 5) is 34.2. The Labute approximate surface area is 154 Å². The lowest BCUT2D eigenvalue weighted by molar-refractivity contribution is -0.384. The van der Waals surface area contributed by atoms with E-state index in [1.54, 1.807) is 0 Å². The van der Waals surface area contributed by atoms with E-state index in [4.69, 9.17) is 4.42 Å². The molecule has 3 aromatic rings. The molecule has 0 unspecified atom stereocenters. The van der Waals surface area contributed by atoms with E-state index in [1.807, 2.05) is 26.0 Å². The highest BCUT2D eigenvalue weighted by Crippen LogP contribution is 2.26. The predicted molar refractivity (Wildman–Crippen MR) is 98.1 cm³/mol. The van der Waals surface area contributed by atoms with Crippen LogP contribution in [0.2, 0.25) is 0 Å². The van der Waals surface area contributed by atoms with Crippen LogP contribution in [0, 0.1) is 24.0 Å². The van der Waals surface area contributed by atoms with Gasteiger partial charge in [-0.15, -0.1) is 0 Å². The number of nitrogens with zero attached hydrogens (tertiary/aromatic N) is 1. The van der Waals surface area contributed by atoms with Gasteiger partial charge in [0.25, 0.3) is 11.6 Å². The number of nitro benzene ring substituents is 1. The Hall–Kier alpha value is -3.68. The van der Waals surface area contributed by atoms with E-state index < -0.39 is 16.7 Å². The standard InChI is InChI=1S/C19H17N3O5/c1-11-7-12(2)18-14(10-27-16(18)8-11)9-17(23)20-21-19(24)13-3-5-15(6-4-13)22(25)26/h3-8,10H,9H2,1-2H3,(H,20,23)(H,21,24). The van der Waals surface area contributed by atoms with Gasteiger partial charge in [0, 0.05) is 28.6 Å². The summed E-state index contributed by atoms with van der Waals surface area (Å²) in [6.07, 6.45) is 1.58. The van der Waals surface area contributed by atoms with Crippen molar-refractivity contribution in [1.82, 2.24) is 10.9 Å². The van der Waals surface area contributed by atoms with Crippen LogP contribution in [-0.2, 0) is 11.2 Å². The van der Waals surface area contributed by atoms with E-state index in [0.29, 0.717) is 5.58 Å². The number of hydrogen-bond donors (Lipinski definition) is 2. The maximum Gasteiger partial charge on any atom is 0.269 e. The van der Waals surface area contributed by atoms with E-state index in [2.05, 4.69) is 10.9 Å². The molecule has 8 nitrogen and oxygen atoms in total. The van der Waals surface area contributed by atoms with E-state index in [0.717, 1.165) is 22.1 Å². The summed E-state index contributed by atoms with van der Waals surface area (Å²) in [5, 5.41) is 11.5. The molecule has 2 aromatic carbocycles. The topological polar surface area (TPSA) is 114 Å². The number of hydrogen-bond acceptors (Lipinski definition) is 5. The second-order valence-corrected chi connectivity index (χ2v) is 6.20. The lowest BCUT2D eigenvalue weighted by Gasteiger charge is -2.07. The van der Waals surface area contributed by atoms with Crippen LogP contribution in [0.4, 0.5) is 5.69 Å². The SMILES string of the molecule is Cc1cc(C)c2c(CC(=O)NNC(=O)c3ccc([N+](=O)[O-])cc3)coc2c1. The van der Waals surface area contributed by atoms with Crippen LogP contribution < -0.4 is 10.9 Å². The minimum atomic E-state index is -0.567. The van der Waals surface area contributed by atoms with Crippen molar-refractivity contribution in [3.05, 3.63) is 75.0 Å². The van der Waals surface area contributed by atoms with Crippen LogP contribution >= 0.6 is 0 Å². The van der Waals surface area contributed by atoms with Crippen LogP contribution in [0.5, 0.6) is 0 Å². The normalized spacial score (nSPS) is 10.6. The van der Waals surface area contributed by atoms with Gasteiger partial charge >= 0.3 is 0 Å². The highest BCUT2D eigenvalue weighted by molar-refractivity contribution is 5.96. The molecule has 27 heavy (non-hydrogen) atoms. The molecule has 1 aromatic heterocycles. The molecule has 0 atom stereocenters. The Morgan fingerprint density at radius 3 is 2.48 bits per heavy atom. The largest absolute Gasteiger partial charge is 0.464 e. The zero-order chi connectivity index (χ0) is 19.6. The fourth-order valence-electron chi connectivity index (χ4n) is 2.91. The Morgan fingerprint density at radius 1 is 1.11 bits per heavy atom. The maximum absolute atomic E-state index is 12.2. The zero-order valence-electron chi connectivity index (χ0n) is 14.7. The Morgan fingerprint density at radius 2 is 1.81 bits per heavy atom. The molecular weight excluding hydrogens is 350 g/mol. The predicted octanol–water partition coefficient (Wildman–Crippen LogP) is 2.96. The molecule has 2 amide bonds. The lowest BCUT2D eigenvalue weighted by atomic mass is 10.0. The molecule has 0 aliphatic carbocycles. The monoisotopic (exact) mass is 367 g/mol. The van der Waals surface area contributed by atoms with Crippen molar-refractivity contribution in [2.75, 3.05) is 0 Å². The molecule has 0 bridgehead atoms. The van der Waals surface area contributed by atoms with Gasteiger partial charge in [-0.3, -0.25) is 30.6 Å². The molecule has 3 rings (SSSR count). The van der Waals surface area contributed by atoms with E-state index in [-0.39, 0.29) is 17.7 Å². The number of nitro groups is 1. The van der Waals surface area contributed by atoms with Crippen LogP contribution in [0.25, 0.3) is 11.0 Å². The van der Waals surface area contributed by atoms with Crippen LogP contribution in [0.3, 0.4) is 0 Å². The molecule has 2 N–H and O–H groups in total. The van der Waals surface area contributed by atoms with Crippen molar-refractivity contribution in [1.29, 1.82) is 0 Å². The Kier molecular flexibility index (Phi) is 4.89. The van der Waals surface area contributed by atoms with Crippen LogP contribution in [0.1, 0.15) is 27.0 Å². The Bertz CT molecular complexity index is 1040. The molecule has 0 saturated carbocycles. The van der Waals surface area contributed by atoms with Crippen LogP contribution in [0.15, 0.2) is 47.1 Å². The maximum atomic E-state index is 12.2. The number of fused-ring (bicyclic) bond motifs is 1. The highest BCUT2D eigenvalue weighted by atomic mass is 16.6. The number of carbonyl (C=O) groups excluding carboxylic acids is 2. The smallest absolute Gasteiger partial charge is 0.269 e. The van der Waals surface area contributed by atoms with Gasteiger partial charge < -0.3 is 4.42 Å². The van der Waals surface area contributed by atoms with Crippen molar-refractivity contribution in [2.24, 2.45) is 0 Å². The van der Waals surface area contributed by atoms with Gasteiger partial charge in [-0.1, -0.05) is 6.07 Å². The number of aryl methyl sites for hydroxylation is 2. The van der Waals surface area contributed by atoms with Crippen molar-refractivity contribution in [2.45, 2.75) is 20.3 Å². The van der Waals surface area contributed by atoms with E-state index in [1.165, 1.54) is 30.5 Å². The number of rotatable bonds is 4. The number of amides is 2. The second-order valence-electron chi connectivity index (χ2n) is 6.20. The van der Waals surface area contributed by atoms with Crippen molar-refractivity contribution in [3.8, 4) is 0 Å². The summed E-state index contributed by atoms with van der Waals surface area (Å²) in [5.41, 5.74) is 8.23. The molecule has 0 aliphatic heterocycles. The number of carbonyl (C=O) groups is 2. The first kappa shape index (κ1) is 18.1. The molecule has 138 valence electrons.